The van der Waals surface area contributed by atoms with E-state index in [-0.39, 0.29) is 5.78 Å². The van der Waals surface area contributed by atoms with Gasteiger partial charge in [-0.3, -0.25) is 4.79 Å². The summed E-state index contributed by atoms with van der Waals surface area (Å²) in [6.45, 7) is 1.98. The van der Waals surface area contributed by atoms with Crippen molar-refractivity contribution in [2.24, 2.45) is 0 Å². The lowest BCUT2D eigenvalue weighted by Gasteiger charge is -2.09. The summed E-state index contributed by atoms with van der Waals surface area (Å²) < 4.78 is 12.6. The Bertz CT molecular complexity index is 873. The third-order valence-corrected chi connectivity index (χ3v) is 4.86. The number of hydrogen-bond acceptors (Lipinski definition) is 3. The number of furan rings is 1. The number of carbonyl (C=O) groups excluding carboxylic acids is 1. The zero-order valence-electron chi connectivity index (χ0n) is 12.7. The molecule has 0 amide bonds. The molecule has 0 unspecified atom stereocenters. The highest BCUT2D eigenvalue weighted by Gasteiger charge is 2.22. The average molecular weight is 438 g/mol. The Labute approximate surface area is 150 Å². The molecule has 0 bridgehead atoms. The van der Waals surface area contributed by atoms with Crippen LogP contribution in [0.3, 0.4) is 0 Å². The van der Waals surface area contributed by atoms with E-state index in [0.717, 1.165) is 19.9 Å². The topological polar surface area (TPSA) is 39.4 Å². The van der Waals surface area contributed by atoms with Gasteiger partial charge in [-0.2, -0.15) is 0 Å². The van der Waals surface area contributed by atoms with Gasteiger partial charge in [0.2, 0.25) is 0 Å². The summed E-state index contributed by atoms with van der Waals surface area (Å²) in [4.78, 5) is 13.1. The lowest BCUT2D eigenvalue weighted by atomic mass is 9.99. The van der Waals surface area contributed by atoms with Crippen molar-refractivity contribution in [3.05, 3.63) is 62.2 Å². The molecule has 0 saturated carbocycles. The molecule has 0 spiro atoms. The Morgan fingerprint density at radius 2 is 1.83 bits per heavy atom. The van der Waals surface area contributed by atoms with Crippen molar-refractivity contribution in [2.45, 2.75) is 13.3 Å². The molecule has 118 valence electrons. The summed E-state index contributed by atoms with van der Waals surface area (Å²) >= 11 is 6.89. The number of para-hydroxylation sites is 1. The van der Waals surface area contributed by atoms with Crippen LogP contribution in [0.25, 0.3) is 11.0 Å². The van der Waals surface area contributed by atoms with Gasteiger partial charge in [0.05, 0.1) is 21.6 Å². The molecule has 23 heavy (non-hydrogen) atoms. The number of halogens is 2. The molecule has 0 aliphatic carbocycles. The molecule has 0 N–H and O–H groups in total. The summed E-state index contributed by atoms with van der Waals surface area (Å²) in [5, 5.41) is 0.845. The van der Waals surface area contributed by atoms with Crippen LogP contribution in [0.2, 0.25) is 0 Å². The van der Waals surface area contributed by atoms with Crippen LogP contribution in [0.5, 0.6) is 5.75 Å². The van der Waals surface area contributed by atoms with Crippen molar-refractivity contribution >= 4 is 48.6 Å². The zero-order valence-corrected chi connectivity index (χ0v) is 15.8. The van der Waals surface area contributed by atoms with E-state index in [9.17, 15) is 4.79 Å². The highest BCUT2D eigenvalue weighted by atomic mass is 79.9. The molecule has 3 nitrogen and oxygen atoms in total. The third-order valence-electron chi connectivity index (χ3n) is 3.68. The van der Waals surface area contributed by atoms with Gasteiger partial charge in [-0.05, 0) is 50.1 Å². The standard InChI is InChI=1S/C18H14Br2O3/c1-3-14-16(11-6-4-5-7-15(11)23-14)17(21)10-8-12(19)18(22-2)13(20)9-10/h4-9H,3H2,1-2H3. The highest BCUT2D eigenvalue weighted by Crippen LogP contribution is 2.36. The molecule has 5 heteroatoms. The molecule has 1 aromatic heterocycles. The number of carbonyl (C=O) groups is 1. The van der Waals surface area contributed by atoms with Crippen LogP contribution in [-0.2, 0) is 6.42 Å². The molecule has 3 rings (SSSR count). The molecule has 0 aliphatic heterocycles. The molecule has 0 saturated heterocycles. The van der Waals surface area contributed by atoms with Gasteiger partial charge in [0.25, 0.3) is 0 Å². The van der Waals surface area contributed by atoms with Crippen LogP contribution in [0.4, 0.5) is 0 Å². The maximum absolute atomic E-state index is 13.1. The number of ether oxygens (including phenoxy) is 1. The Kier molecular flexibility index (Phi) is 4.60. The number of fused-ring (bicyclic) bond motifs is 1. The second kappa shape index (κ2) is 6.49. The fourth-order valence-electron chi connectivity index (χ4n) is 2.62. The van der Waals surface area contributed by atoms with Crippen LogP contribution in [-0.4, -0.2) is 12.9 Å². The summed E-state index contributed by atoms with van der Waals surface area (Å²) in [5.74, 6) is 1.31. The number of hydrogen-bond donors (Lipinski definition) is 0. The second-order valence-electron chi connectivity index (χ2n) is 5.05. The minimum atomic E-state index is -0.0594. The Balaban J connectivity index is 2.18. The van der Waals surface area contributed by atoms with Crippen LogP contribution in [0.1, 0.15) is 28.6 Å². The predicted molar refractivity (Wildman–Crippen MR) is 97.4 cm³/mol. The highest BCUT2D eigenvalue weighted by molar-refractivity contribution is 9.11. The molecule has 0 radical (unpaired) electrons. The number of benzene rings is 2. The minimum absolute atomic E-state index is 0.0594. The van der Waals surface area contributed by atoms with Crippen molar-refractivity contribution < 1.29 is 13.9 Å². The smallest absolute Gasteiger partial charge is 0.197 e. The lowest BCUT2D eigenvalue weighted by Crippen LogP contribution is -2.04. The molecule has 0 aliphatic rings. The van der Waals surface area contributed by atoms with E-state index in [1.807, 2.05) is 31.2 Å². The normalized spacial score (nSPS) is 11.0. The molecule has 0 fully saturated rings. The Morgan fingerprint density at radius 1 is 1.17 bits per heavy atom. The van der Waals surface area contributed by atoms with E-state index >= 15 is 0 Å². The molecular formula is C18H14Br2O3. The molecule has 3 aromatic rings. The number of ketones is 1. The number of rotatable bonds is 4. The minimum Gasteiger partial charge on any atom is -0.494 e. The van der Waals surface area contributed by atoms with E-state index < -0.39 is 0 Å². The second-order valence-corrected chi connectivity index (χ2v) is 6.76. The van der Waals surface area contributed by atoms with E-state index in [0.29, 0.717) is 29.1 Å². The first kappa shape index (κ1) is 16.3. The Morgan fingerprint density at radius 3 is 2.43 bits per heavy atom. The van der Waals surface area contributed by atoms with Gasteiger partial charge in [-0.1, -0.05) is 25.1 Å². The van der Waals surface area contributed by atoms with Crippen molar-refractivity contribution in [1.82, 2.24) is 0 Å². The summed E-state index contributed by atoms with van der Waals surface area (Å²) in [5.41, 5.74) is 1.94. The summed E-state index contributed by atoms with van der Waals surface area (Å²) in [6.07, 6.45) is 0.661. The van der Waals surface area contributed by atoms with Crippen LogP contribution < -0.4 is 4.74 Å². The van der Waals surface area contributed by atoms with Crippen LogP contribution in [0.15, 0.2) is 49.8 Å². The maximum atomic E-state index is 13.1. The monoisotopic (exact) mass is 436 g/mol. The zero-order chi connectivity index (χ0) is 16.6. The predicted octanol–water partition coefficient (Wildman–Crippen LogP) is 5.76. The van der Waals surface area contributed by atoms with Crippen molar-refractivity contribution in [3.63, 3.8) is 0 Å². The fraction of sp³-hybridized carbons (Fsp3) is 0.167. The first-order valence-electron chi connectivity index (χ1n) is 7.15. The lowest BCUT2D eigenvalue weighted by molar-refractivity contribution is 0.103. The first-order valence-corrected chi connectivity index (χ1v) is 8.73. The third kappa shape index (κ3) is 2.83. The maximum Gasteiger partial charge on any atom is 0.197 e. The first-order chi connectivity index (χ1) is 11.1. The van der Waals surface area contributed by atoms with E-state index in [4.69, 9.17) is 9.15 Å². The number of aryl methyl sites for hydroxylation is 1. The van der Waals surface area contributed by atoms with Crippen LogP contribution in [0, 0.1) is 0 Å². The van der Waals surface area contributed by atoms with E-state index in [1.165, 1.54) is 0 Å². The fourth-order valence-corrected chi connectivity index (χ4v) is 4.13. The number of methoxy groups -OCH3 is 1. The van der Waals surface area contributed by atoms with Gasteiger partial charge in [-0.15, -0.1) is 0 Å². The molecule has 0 atom stereocenters. The Hall–Kier alpha value is -1.59. The largest absolute Gasteiger partial charge is 0.494 e. The molecular weight excluding hydrogens is 424 g/mol. The van der Waals surface area contributed by atoms with Crippen molar-refractivity contribution in [1.29, 1.82) is 0 Å². The van der Waals surface area contributed by atoms with Gasteiger partial charge >= 0.3 is 0 Å². The van der Waals surface area contributed by atoms with Crippen LogP contribution >= 0.6 is 31.9 Å². The summed E-state index contributed by atoms with van der Waals surface area (Å²) in [7, 11) is 1.59. The molecule has 1 heterocycles. The van der Waals surface area contributed by atoms with Gasteiger partial charge < -0.3 is 9.15 Å². The van der Waals surface area contributed by atoms with E-state index in [1.54, 1.807) is 19.2 Å². The van der Waals surface area contributed by atoms with Gasteiger partial charge in [0, 0.05) is 17.4 Å². The molecule has 2 aromatic carbocycles. The van der Waals surface area contributed by atoms with Gasteiger partial charge in [-0.25, -0.2) is 0 Å². The van der Waals surface area contributed by atoms with Crippen molar-refractivity contribution in [3.8, 4) is 5.75 Å². The van der Waals surface area contributed by atoms with Gasteiger partial charge in [0.1, 0.15) is 17.1 Å². The van der Waals surface area contributed by atoms with Gasteiger partial charge in [0.15, 0.2) is 5.78 Å². The van der Waals surface area contributed by atoms with Crippen molar-refractivity contribution in [2.75, 3.05) is 7.11 Å². The SMILES string of the molecule is CCc1oc2ccccc2c1C(=O)c1cc(Br)c(OC)c(Br)c1. The quantitative estimate of drug-likeness (QED) is 0.487. The van der Waals surface area contributed by atoms with E-state index in [2.05, 4.69) is 31.9 Å². The summed E-state index contributed by atoms with van der Waals surface area (Å²) in [6, 6.07) is 11.2. The average Bonchev–Trinajstić information content (AvgIpc) is 2.92.